The number of alkyl halides is 3. The van der Waals surface area contributed by atoms with Crippen LogP contribution in [0.15, 0.2) is 12.7 Å². The molecule has 4 rings (SSSR count). The second-order valence-electron chi connectivity index (χ2n) is 9.28. The molecule has 5 atom stereocenters. The molecule has 0 bridgehead atoms. The molecular weight excluding hydrogens is 397 g/mol. The normalized spacial score (nSPS) is 40.8. The van der Waals surface area contributed by atoms with Crippen molar-refractivity contribution < 1.29 is 18.0 Å². The second-order valence-corrected chi connectivity index (χ2v) is 9.28. The molecule has 1 aliphatic carbocycles. The third-order valence-electron chi connectivity index (χ3n) is 7.43. The van der Waals surface area contributed by atoms with E-state index >= 15 is 0 Å². The van der Waals surface area contributed by atoms with E-state index in [2.05, 4.69) is 28.2 Å². The maximum Gasteiger partial charge on any atom is 0.391 e. The zero-order chi connectivity index (χ0) is 21.5. The lowest BCUT2D eigenvalue weighted by atomic mass is 9.75. The average Bonchev–Trinajstić information content (AvgIpc) is 3.17. The number of fused-ring (bicyclic) bond motifs is 1. The summed E-state index contributed by atoms with van der Waals surface area (Å²) >= 11 is 0. The first-order chi connectivity index (χ1) is 14.3. The SMILES string of the molecule is C=CC(=O)N1CCC2C(C1)NC(C1CCC(C(F)(F)F)CC1)NC2C1CN(C)NN1. The number of carbonyl (C=O) groups excluding carboxylic acids is 1. The maximum atomic E-state index is 13.1. The summed E-state index contributed by atoms with van der Waals surface area (Å²) in [5.74, 6) is -0.740. The van der Waals surface area contributed by atoms with Gasteiger partial charge in [-0.05, 0) is 50.0 Å². The fraction of sp³-hybridized carbons (Fsp3) is 0.850. The molecule has 170 valence electrons. The summed E-state index contributed by atoms with van der Waals surface area (Å²) in [7, 11) is 1.98. The molecule has 0 radical (unpaired) electrons. The molecule has 3 aliphatic heterocycles. The Labute approximate surface area is 175 Å². The minimum absolute atomic E-state index is 0.0445. The second kappa shape index (κ2) is 8.74. The lowest BCUT2D eigenvalue weighted by molar-refractivity contribution is -0.185. The minimum atomic E-state index is -4.09. The van der Waals surface area contributed by atoms with Gasteiger partial charge in [-0.1, -0.05) is 6.58 Å². The van der Waals surface area contributed by atoms with Crippen LogP contribution in [0.3, 0.4) is 0 Å². The van der Waals surface area contributed by atoms with Gasteiger partial charge in [-0.15, -0.1) is 0 Å². The monoisotopic (exact) mass is 430 g/mol. The molecule has 0 aromatic heterocycles. The Hall–Kier alpha value is -1.20. The number of likely N-dealkylation sites (N-methyl/N-ethyl adjacent to an activating group) is 1. The summed E-state index contributed by atoms with van der Waals surface area (Å²) in [5.41, 5.74) is 6.48. The van der Waals surface area contributed by atoms with Gasteiger partial charge in [0.05, 0.1) is 18.1 Å². The van der Waals surface area contributed by atoms with Gasteiger partial charge in [0, 0.05) is 38.8 Å². The van der Waals surface area contributed by atoms with Crippen LogP contribution in [-0.4, -0.2) is 73.0 Å². The van der Waals surface area contributed by atoms with Gasteiger partial charge in [0.15, 0.2) is 0 Å². The standard InChI is InChI=1S/C20H33F3N6O/c1-3-17(30)29-9-8-14-15(11-29)24-19(25-18(14)16-10-28(2)27-26-16)12-4-6-13(7-5-12)20(21,22)23/h3,12-16,18-19,24-27H,1,4-11H2,2H3. The van der Waals surface area contributed by atoms with Crippen LogP contribution in [0.25, 0.3) is 0 Å². The molecule has 0 spiro atoms. The summed E-state index contributed by atoms with van der Waals surface area (Å²) < 4.78 is 39.3. The maximum absolute atomic E-state index is 13.1. The molecule has 4 aliphatic rings. The highest BCUT2D eigenvalue weighted by molar-refractivity contribution is 5.87. The zero-order valence-corrected chi connectivity index (χ0v) is 17.4. The molecule has 1 amide bonds. The summed E-state index contributed by atoms with van der Waals surface area (Å²) in [6.45, 7) is 5.75. The van der Waals surface area contributed by atoms with Crippen molar-refractivity contribution in [3.05, 3.63) is 12.7 Å². The lowest BCUT2D eigenvalue weighted by Gasteiger charge is -2.52. The number of likely N-dealkylation sites (tertiary alicyclic amines) is 1. The van der Waals surface area contributed by atoms with Gasteiger partial charge in [0.1, 0.15) is 0 Å². The van der Waals surface area contributed by atoms with Gasteiger partial charge in [-0.25, -0.2) is 10.4 Å². The number of carbonyl (C=O) groups is 1. The fourth-order valence-corrected chi connectivity index (χ4v) is 5.76. The van der Waals surface area contributed by atoms with Crippen LogP contribution in [0.1, 0.15) is 32.1 Å². The van der Waals surface area contributed by atoms with E-state index in [1.54, 1.807) is 0 Å². The Morgan fingerprint density at radius 2 is 1.80 bits per heavy atom. The van der Waals surface area contributed by atoms with Gasteiger partial charge in [-0.2, -0.15) is 18.7 Å². The number of halogens is 3. The molecule has 1 saturated carbocycles. The highest BCUT2D eigenvalue weighted by atomic mass is 19.4. The molecular formula is C20H33F3N6O. The van der Waals surface area contributed by atoms with E-state index in [9.17, 15) is 18.0 Å². The van der Waals surface area contributed by atoms with E-state index in [1.807, 2.05) is 17.0 Å². The van der Waals surface area contributed by atoms with Crippen LogP contribution in [0.4, 0.5) is 13.2 Å². The third kappa shape index (κ3) is 4.52. The van der Waals surface area contributed by atoms with Crippen molar-refractivity contribution in [1.82, 2.24) is 31.5 Å². The smallest absolute Gasteiger partial charge is 0.338 e. The highest BCUT2D eigenvalue weighted by Crippen LogP contribution is 2.41. The molecule has 0 aromatic rings. The Morgan fingerprint density at radius 3 is 2.40 bits per heavy atom. The van der Waals surface area contributed by atoms with E-state index in [-0.39, 0.29) is 49.0 Å². The molecule has 10 heteroatoms. The van der Waals surface area contributed by atoms with Crippen LogP contribution >= 0.6 is 0 Å². The Morgan fingerprint density at radius 1 is 1.07 bits per heavy atom. The van der Waals surface area contributed by atoms with Crippen molar-refractivity contribution in [2.24, 2.45) is 17.8 Å². The molecule has 7 nitrogen and oxygen atoms in total. The molecule has 4 N–H and O–H groups in total. The Bertz CT molecular complexity index is 639. The summed E-state index contributed by atoms with van der Waals surface area (Å²) in [6, 6.07) is 0.493. The van der Waals surface area contributed by atoms with Gasteiger partial charge in [-0.3, -0.25) is 15.4 Å². The number of piperidine rings is 1. The first-order valence-corrected chi connectivity index (χ1v) is 11.0. The number of nitrogens with one attached hydrogen (secondary N) is 4. The molecule has 0 aromatic carbocycles. The quantitative estimate of drug-likeness (QED) is 0.501. The van der Waals surface area contributed by atoms with E-state index in [1.165, 1.54) is 6.08 Å². The van der Waals surface area contributed by atoms with Gasteiger partial charge < -0.3 is 4.90 Å². The van der Waals surface area contributed by atoms with E-state index in [0.29, 0.717) is 31.8 Å². The number of hydrogen-bond donors (Lipinski definition) is 4. The number of amides is 1. The predicted octanol–water partition coefficient (Wildman–Crippen LogP) is 0.969. The third-order valence-corrected chi connectivity index (χ3v) is 7.43. The van der Waals surface area contributed by atoms with E-state index in [4.69, 9.17) is 0 Å². The van der Waals surface area contributed by atoms with Crippen molar-refractivity contribution in [1.29, 1.82) is 0 Å². The molecule has 3 saturated heterocycles. The van der Waals surface area contributed by atoms with E-state index in [0.717, 1.165) is 13.0 Å². The van der Waals surface area contributed by atoms with Crippen LogP contribution in [0.2, 0.25) is 0 Å². The van der Waals surface area contributed by atoms with Crippen molar-refractivity contribution in [2.75, 3.05) is 26.7 Å². The van der Waals surface area contributed by atoms with Crippen LogP contribution in [0.5, 0.6) is 0 Å². The molecule has 4 fully saturated rings. The summed E-state index contributed by atoms with van der Waals surface area (Å²) in [6.07, 6.45) is -0.396. The van der Waals surface area contributed by atoms with Gasteiger partial charge >= 0.3 is 6.18 Å². The van der Waals surface area contributed by atoms with Crippen LogP contribution in [0, 0.1) is 17.8 Å². The van der Waals surface area contributed by atoms with Crippen molar-refractivity contribution in [2.45, 2.75) is 62.6 Å². The Kier molecular flexibility index (Phi) is 6.41. The van der Waals surface area contributed by atoms with Crippen molar-refractivity contribution in [3.63, 3.8) is 0 Å². The lowest BCUT2D eigenvalue weighted by Crippen LogP contribution is -2.73. The molecule has 3 heterocycles. The minimum Gasteiger partial charge on any atom is -0.338 e. The molecule has 5 unspecified atom stereocenters. The van der Waals surface area contributed by atoms with Gasteiger partial charge in [0.25, 0.3) is 0 Å². The Balaban J connectivity index is 1.47. The number of nitrogens with zero attached hydrogens (tertiary/aromatic N) is 2. The van der Waals surface area contributed by atoms with Crippen LogP contribution < -0.4 is 21.6 Å². The fourth-order valence-electron chi connectivity index (χ4n) is 5.76. The summed E-state index contributed by atoms with van der Waals surface area (Å²) in [5, 5.41) is 9.42. The first kappa shape index (κ1) is 22.0. The number of rotatable bonds is 3. The highest BCUT2D eigenvalue weighted by Gasteiger charge is 2.48. The number of hydrazine groups is 2. The largest absolute Gasteiger partial charge is 0.391 e. The van der Waals surface area contributed by atoms with Crippen LogP contribution in [-0.2, 0) is 4.79 Å². The van der Waals surface area contributed by atoms with Gasteiger partial charge in [0.2, 0.25) is 5.91 Å². The zero-order valence-electron chi connectivity index (χ0n) is 17.4. The molecule has 30 heavy (non-hydrogen) atoms. The number of hydrogen-bond acceptors (Lipinski definition) is 6. The summed E-state index contributed by atoms with van der Waals surface area (Å²) in [4.78, 5) is 14.0. The average molecular weight is 431 g/mol. The predicted molar refractivity (Wildman–Crippen MR) is 107 cm³/mol. The van der Waals surface area contributed by atoms with E-state index < -0.39 is 12.1 Å². The van der Waals surface area contributed by atoms with Crippen molar-refractivity contribution in [3.8, 4) is 0 Å². The van der Waals surface area contributed by atoms with Crippen molar-refractivity contribution >= 4 is 5.91 Å². The topological polar surface area (TPSA) is 71.7 Å². The first-order valence-electron chi connectivity index (χ1n) is 11.0.